The van der Waals surface area contributed by atoms with E-state index in [1.165, 1.54) is 0 Å². The second-order valence-electron chi connectivity index (χ2n) is 5.66. The predicted molar refractivity (Wildman–Crippen MR) is 97.3 cm³/mol. The molecule has 0 aliphatic rings. The molecule has 5 heteroatoms. The van der Waals surface area contributed by atoms with Crippen molar-refractivity contribution in [3.8, 4) is 17.2 Å². The Kier molecular flexibility index (Phi) is 6.69. The first-order chi connectivity index (χ1) is 12.1. The second-order valence-corrected chi connectivity index (χ2v) is 5.66. The van der Waals surface area contributed by atoms with Gasteiger partial charge >= 0.3 is 0 Å². The largest absolute Gasteiger partial charge is 0.497 e. The molecule has 1 amide bonds. The zero-order valence-corrected chi connectivity index (χ0v) is 15.1. The van der Waals surface area contributed by atoms with E-state index in [0.29, 0.717) is 12.2 Å². The lowest BCUT2D eigenvalue weighted by molar-refractivity contribution is -0.128. The molecule has 25 heavy (non-hydrogen) atoms. The van der Waals surface area contributed by atoms with Gasteiger partial charge in [0.25, 0.3) is 5.91 Å². The topological polar surface area (TPSA) is 56.8 Å². The van der Waals surface area contributed by atoms with E-state index in [9.17, 15) is 4.79 Å². The van der Waals surface area contributed by atoms with E-state index < -0.39 is 6.10 Å². The molecule has 0 aliphatic carbocycles. The van der Waals surface area contributed by atoms with Crippen LogP contribution in [0.2, 0.25) is 0 Å². The maximum Gasteiger partial charge on any atom is 0.261 e. The molecule has 2 atom stereocenters. The molecule has 0 fully saturated rings. The van der Waals surface area contributed by atoms with Gasteiger partial charge in [0.15, 0.2) is 6.10 Å². The number of para-hydroxylation sites is 1. The van der Waals surface area contributed by atoms with Gasteiger partial charge in [-0.15, -0.1) is 0 Å². The van der Waals surface area contributed by atoms with Crippen LogP contribution < -0.4 is 19.5 Å². The molecule has 2 aromatic rings. The lowest BCUT2D eigenvalue weighted by Gasteiger charge is -2.22. The van der Waals surface area contributed by atoms with Crippen molar-refractivity contribution in [1.29, 1.82) is 0 Å². The number of carbonyl (C=O) groups is 1. The van der Waals surface area contributed by atoms with E-state index in [1.807, 2.05) is 38.1 Å². The van der Waals surface area contributed by atoms with Gasteiger partial charge < -0.3 is 19.5 Å². The van der Waals surface area contributed by atoms with E-state index >= 15 is 0 Å². The van der Waals surface area contributed by atoms with Crippen LogP contribution in [0.5, 0.6) is 17.2 Å². The van der Waals surface area contributed by atoms with Crippen molar-refractivity contribution < 1.29 is 19.0 Å². The number of methoxy groups -OCH3 is 2. The summed E-state index contributed by atoms with van der Waals surface area (Å²) < 4.78 is 16.3. The van der Waals surface area contributed by atoms with Crippen LogP contribution in [-0.4, -0.2) is 26.2 Å². The van der Waals surface area contributed by atoms with Gasteiger partial charge in [0.05, 0.1) is 20.3 Å². The molecule has 0 saturated heterocycles. The third-order valence-corrected chi connectivity index (χ3v) is 3.97. The molecule has 2 rings (SSSR count). The van der Waals surface area contributed by atoms with Gasteiger partial charge in [-0.05, 0) is 43.7 Å². The van der Waals surface area contributed by atoms with E-state index in [2.05, 4.69) is 5.32 Å². The Balaban J connectivity index is 2.03. The third kappa shape index (κ3) is 4.89. The molecule has 1 N–H and O–H groups in total. The van der Waals surface area contributed by atoms with Gasteiger partial charge in [-0.25, -0.2) is 0 Å². The van der Waals surface area contributed by atoms with E-state index in [4.69, 9.17) is 14.2 Å². The Morgan fingerprint density at radius 2 is 1.64 bits per heavy atom. The van der Waals surface area contributed by atoms with Crippen molar-refractivity contribution in [2.75, 3.05) is 14.2 Å². The number of carbonyl (C=O) groups excluding carboxylic acids is 1. The zero-order valence-electron chi connectivity index (χ0n) is 15.1. The molecule has 0 bridgehead atoms. The van der Waals surface area contributed by atoms with Crippen LogP contribution in [0.4, 0.5) is 0 Å². The summed E-state index contributed by atoms with van der Waals surface area (Å²) in [6.07, 6.45) is 0.00168. The van der Waals surface area contributed by atoms with Crippen LogP contribution in [0.25, 0.3) is 0 Å². The summed E-state index contributed by atoms with van der Waals surface area (Å²) in [5, 5.41) is 3.00. The van der Waals surface area contributed by atoms with Gasteiger partial charge in [-0.1, -0.05) is 25.1 Å². The number of rotatable bonds is 8. The van der Waals surface area contributed by atoms with Gasteiger partial charge in [-0.2, -0.15) is 0 Å². The highest BCUT2D eigenvalue weighted by atomic mass is 16.5. The number of amides is 1. The van der Waals surface area contributed by atoms with E-state index in [1.54, 1.807) is 38.5 Å². The summed E-state index contributed by atoms with van der Waals surface area (Å²) in [6, 6.07) is 14.6. The van der Waals surface area contributed by atoms with Crippen molar-refractivity contribution in [2.45, 2.75) is 32.4 Å². The summed E-state index contributed by atoms with van der Waals surface area (Å²) >= 11 is 0. The molecule has 0 saturated carbocycles. The monoisotopic (exact) mass is 343 g/mol. The Morgan fingerprint density at radius 1 is 1.00 bits per heavy atom. The molecule has 2 aromatic carbocycles. The van der Waals surface area contributed by atoms with Crippen LogP contribution in [0.1, 0.15) is 31.9 Å². The summed E-state index contributed by atoms with van der Waals surface area (Å²) in [4.78, 5) is 12.6. The van der Waals surface area contributed by atoms with Crippen LogP contribution in [-0.2, 0) is 4.79 Å². The number of benzene rings is 2. The fraction of sp³-hybridized carbons (Fsp3) is 0.350. The Morgan fingerprint density at radius 3 is 2.24 bits per heavy atom. The highest BCUT2D eigenvalue weighted by molar-refractivity contribution is 5.81. The van der Waals surface area contributed by atoms with Crippen molar-refractivity contribution in [3.63, 3.8) is 0 Å². The first-order valence-electron chi connectivity index (χ1n) is 8.33. The van der Waals surface area contributed by atoms with E-state index in [-0.39, 0.29) is 11.9 Å². The molecule has 0 radical (unpaired) electrons. The van der Waals surface area contributed by atoms with Crippen molar-refractivity contribution in [3.05, 3.63) is 54.1 Å². The quantitative estimate of drug-likeness (QED) is 0.793. The fourth-order valence-electron chi connectivity index (χ4n) is 2.55. The third-order valence-electron chi connectivity index (χ3n) is 3.97. The van der Waals surface area contributed by atoms with Crippen LogP contribution in [0.3, 0.4) is 0 Å². The number of nitrogens with one attached hydrogen (secondary N) is 1. The average molecular weight is 343 g/mol. The van der Waals surface area contributed by atoms with Gasteiger partial charge in [0, 0.05) is 5.56 Å². The van der Waals surface area contributed by atoms with Crippen molar-refractivity contribution in [2.24, 2.45) is 0 Å². The van der Waals surface area contributed by atoms with Crippen LogP contribution >= 0.6 is 0 Å². The van der Waals surface area contributed by atoms with Crippen molar-refractivity contribution in [1.82, 2.24) is 5.32 Å². The average Bonchev–Trinajstić information content (AvgIpc) is 2.66. The lowest BCUT2D eigenvalue weighted by atomic mass is 10.1. The van der Waals surface area contributed by atoms with E-state index in [0.717, 1.165) is 17.1 Å². The number of ether oxygens (including phenoxy) is 3. The Bertz CT molecular complexity index is 684. The minimum Gasteiger partial charge on any atom is -0.497 e. The molecular formula is C20H25NO4. The minimum atomic E-state index is -0.564. The summed E-state index contributed by atoms with van der Waals surface area (Å²) in [5.74, 6) is 1.97. The molecular weight excluding hydrogens is 318 g/mol. The van der Waals surface area contributed by atoms with Gasteiger partial charge in [0.2, 0.25) is 0 Å². The summed E-state index contributed by atoms with van der Waals surface area (Å²) in [7, 11) is 3.23. The summed E-state index contributed by atoms with van der Waals surface area (Å²) in [6.45, 7) is 3.84. The molecule has 0 spiro atoms. The Hall–Kier alpha value is -2.69. The number of hydrogen-bond acceptors (Lipinski definition) is 4. The van der Waals surface area contributed by atoms with Crippen LogP contribution in [0, 0.1) is 0 Å². The predicted octanol–water partition coefficient (Wildman–Crippen LogP) is 3.74. The fourth-order valence-corrected chi connectivity index (χ4v) is 2.55. The SMILES string of the molecule is CCC(Oc1ccc(OC)cc1)C(=O)NC(C)c1ccccc1OC. The lowest BCUT2D eigenvalue weighted by Crippen LogP contribution is -2.39. The normalized spacial score (nSPS) is 12.8. The highest BCUT2D eigenvalue weighted by Gasteiger charge is 2.22. The number of hydrogen-bond donors (Lipinski definition) is 1. The standard InChI is InChI=1S/C20H25NO4/c1-5-18(25-16-12-10-15(23-3)11-13-16)20(22)21-14(2)17-8-6-7-9-19(17)24-4/h6-14,18H,5H2,1-4H3,(H,21,22). The van der Waals surface area contributed by atoms with Gasteiger partial charge in [-0.3, -0.25) is 4.79 Å². The zero-order chi connectivity index (χ0) is 18.2. The second kappa shape index (κ2) is 8.97. The maximum absolute atomic E-state index is 12.6. The molecule has 0 aliphatic heterocycles. The summed E-state index contributed by atoms with van der Waals surface area (Å²) in [5.41, 5.74) is 0.928. The molecule has 2 unspecified atom stereocenters. The molecule has 0 aromatic heterocycles. The first kappa shape index (κ1) is 18.6. The molecule has 134 valence electrons. The highest BCUT2D eigenvalue weighted by Crippen LogP contribution is 2.25. The smallest absolute Gasteiger partial charge is 0.261 e. The first-order valence-corrected chi connectivity index (χ1v) is 8.33. The Labute approximate surface area is 148 Å². The maximum atomic E-state index is 12.6. The van der Waals surface area contributed by atoms with Crippen LogP contribution in [0.15, 0.2) is 48.5 Å². The van der Waals surface area contributed by atoms with Crippen molar-refractivity contribution >= 4 is 5.91 Å². The molecule has 5 nitrogen and oxygen atoms in total. The van der Waals surface area contributed by atoms with Gasteiger partial charge in [0.1, 0.15) is 17.2 Å². The minimum absolute atomic E-state index is 0.156. The molecule has 0 heterocycles.